The Balaban J connectivity index is 1.46. The average Bonchev–Trinajstić information content (AvgIpc) is 2.80. The lowest BCUT2D eigenvalue weighted by atomic mass is 10.1. The Morgan fingerprint density at radius 3 is 2.29 bits per heavy atom. The van der Waals surface area contributed by atoms with Crippen molar-refractivity contribution in [3.05, 3.63) is 72.3 Å². The van der Waals surface area contributed by atoms with Crippen LogP contribution < -0.4 is 15.6 Å². The van der Waals surface area contributed by atoms with Crippen molar-refractivity contribution in [3.8, 4) is 0 Å². The zero-order chi connectivity index (χ0) is 22.1. The van der Waals surface area contributed by atoms with Crippen LogP contribution in [0.5, 0.6) is 0 Å². The second-order valence-corrected chi connectivity index (χ2v) is 7.13. The number of nitrogens with one attached hydrogen (secondary N) is 2. The van der Waals surface area contributed by atoms with Crippen LogP contribution in [0, 0.1) is 0 Å². The molecule has 0 fully saturated rings. The number of carbonyl (C=O) groups is 2. The van der Waals surface area contributed by atoms with Gasteiger partial charge in [-0.25, -0.2) is 5.43 Å². The Hall–Kier alpha value is -3.67. The van der Waals surface area contributed by atoms with Gasteiger partial charge in [0.2, 0.25) is 11.8 Å². The standard InChI is InChI=1S/C25H28N4O2/c1-3-29(4-2)21-14-12-19(13-15-21)18-26-28-25(31)17-16-24(30)27-23-11-7-9-20-8-5-6-10-22(20)23/h5-15,18H,3-4,16-17H2,1-2H3,(H,27,30)(H,28,31)/b26-18+. The molecule has 0 aliphatic rings. The molecule has 0 atom stereocenters. The van der Waals surface area contributed by atoms with Crippen LogP contribution in [0.2, 0.25) is 0 Å². The summed E-state index contributed by atoms with van der Waals surface area (Å²) in [6.45, 7) is 6.15. The Morgan fingerprint density at radius 2 is 1.55 bits per heavy atom. The van der Waals surface area contributed by atoms with Crippen molar-refractivity contribution in [2.24, 2.45) is 5.10 Å². The molecular weight excluding hydrogens is 388 g/mol. The third-order valence-electron chi connectivity index (χ3n) is 5.07. The molecule has 0 heterocycles. The fourth-order valence-electron chi connectivity index (χ4n) is 3.37. The van der Waals surface area contributed by atoms with Crippen LogP contribution in [-0.4, -0.2) is 31.1 Å². The number of fused-ring (bicyclic) bond motifs is 1. The van der Waals surface area contributed by atoms with Crippen molar-refractivity contribution in [2.75, 3.05) is 23.3 Å². The molecule has 0 saturated carbocycles. The van der Waals surface area contributed by atoms with Crippen molar-refractivity contribution in [3.63, 3.8) is 0 Å². The summed E-state index contributed by atoms with van der Waals surface area (Å²) in [4.78, 5) is 26.5. The van der Waals surface area contributed by atoms with E-state index < -0.39 is 0 Å². The average molecular weight is 417 g/mol. The quantitative estimate of drug-likeness (QED) is 0.397. The number of rotatable bonds is 9. The van der Waals surface area contributed by atoms with Gasteiger partial charge in [0.25, 0.3) is 0 Å². The van der Waals surface area contributed by atoms with Gasteiger partial charge in [0.15, 0.2) is 0 Å². The molecule has 3 aromatic carbocycles. The Kier molecular flexibility index (Phi) is 7.76. The molecule has 0 unspecified atom stereocenters. The number of anilines is 2. The van der Waals surface area contributed by atoms with Crippen molar-refractivity contribution in [2.45, 2.75) is 26.7 Å². The van der Waals surface area contributed by atoms with Gasteiger partial charge in [-0.15, -0.1) is 0 Å². The predicted molar refractivity (Wildman–Crippen MR) is 128 cm³/mol. The van der Waals surface area contributed by atoms with Crippen LogP contribution >= 0.6 is 0 Å². The minimum absolute atomic E-state index is 0.0643. The Morgan fingerprint density at radius 1 is 0.871 bits per heavy atom. The van der Waals surface area contributed by atoms with Gasteiger partial charge in [-0.05, 0) is 43.0 Å². The predicted octanol–water partition coefficient (Wildman–Crippen LogP) is 4.56. The monoisotopic (exact) mass is 416 g/mol. The van der Waals surface area contributed by atoms with E-state index in [1.807, 2.05) is 66.7 Å². The van der Waals surface area contributed by atoms with Gasteiger partial charge in [-0.1, -0.05) is 48.5 Å². The number of benzene rings is 3. The zero-order valence-electron chi connectivity index (χ0n) is 18.0. The number of hydrogen-bond donors (Lipinski definition) is 2. The molecule has 0 bridgehead atoms. The number of amides is 2. The summed E-state index contributed by atoms with van der Waals surface area (Å²) in [7, 11) is 0. The van der Waals surface area contributed by atoms with E-state index in [1.165, 1.54) is 0 Å². The first-order valence-corrected chi connectivity index (χ1v) is 10.5. The highest BCUT2D eigenvalue weighted by molar-refractivity contribution is 6.02. The molecule has 6 heteroatoms. The van der Waals surface area contributed by atoms with E-state index in [-0.39, 0.29) is 24.7 Å². The Labute approximate surface area is 183 Å². The number of nitrogens with zero attached hydrogens (tertiary/aromatic N) is 2. The maximum Gasteiger partial charge on any atom is 0.240 e. The van der Waals surface area contributed by atoms with Crippen LogP contribution in [0.25, 0.3) is 10.8 Å². The second-order valence-electron chi connectivity index (χ2n) is 7.13. The summed E-state index contributed by atoms with van der Waals surface area (Å²) < 4.78 is 0. The largest absolute Gasteiger partial charge is 0.372 e. The van der Waals surface area contributed by atoms with E-state index in [2.05, 4.69) is 34.6 Å². The first-order valence-electron chi connectivity index (χ1n) is 10.5. The number of hydrogen-bond acceptors (Lipinski definition) is 4. The van der Waals surface area contributed by atoms with Gasteiger partial charge in [-0.2, -0.15) is 5.10 Å². The molecule has 3 rings (SSSR count). The summed E-state index contributed by atoms with van der Waals surface area (Å²) in [6.07, 6.45) is 1.75. The summed E-state index contributed by atoms with van der Waals surface area (Å²) in [6, 6.07) is 21.6. The molecule has 0 spiro atoms. The number of carbonyl (C=O) groups excluding carboxylic acids is 2. The fraction of sp³-hybridized carbons (Fsp3) is 0.240. The Bertz CT molecular complexity index is 1050. The SMILES string of the molecule is CCN(CC)c1ccc(/C=N/NC(=O)CCC(=O)Nc2cccc3ccccc23)cc1. The molecule has 0 radical (unpaired) electrons. The minimum atomic E-state index is -0.302. The summed E-state index contributed by atoms with van der Waals surface area (Å²) in [5, 5.41) is 8.90. The topological polar surface area (TPSA) is 73.8 Å². The summed E-state index contributed by atoms with van der Waals surface area (Å²) in [5.41, 5.74) is 5.27. The van der Waals surface area contributed by atoms with Gasteiger partial charge in [0.1, 0.15) is 0 Å². The molecule has 0 aromatic heterocycles. The van der Waals surface area contributed by atoms with Crippen LogP contribution in [-0.2, 0) is 9.59 Å². The van der Waals surface area contributed by atoms with Gasteiger partial charge in [0.05, 0.1) is 6.21 Å². The lowest BCUT2D eigenvalue weighted by Crippen LogP contribution is -2.21. The molecule has 160 valence electrons. The summed E-state index contributed by atoms with van der Waals surface area (Å²) in [5.74, 6) is -0.508. The van der Waals surface area contributed by atoms with E-state index >= 15 is 0 Å². The normalized spacial score (nSPS) is 10.9. The minimum Gasteiger partial charge on any atom is -0.372 e. The highest BCUT2D eigenvalue weighted by atomic mass is 16.2. The molecule has 6 nitrogen and oxygen atoms in total. The third-order valence-corrected chi connectivity index (χ3v) is 5.07. The molecular formula is C25H28N4O2. The lowest BCUT2D eigenvalue weighted by molar-refractivity contribution is -0.124. The van der Waals surface area contributed by atoms with E-state index in [4.69, 9.17) is 0 Å². The maximum atomic E-state index is 12.3. The highest BCUT2D eigenvalue weighted by Crippen LogP contribution is 2.23. The molecule has 0 aliphatic carbocycles. The van der Waals surface area contributed by atoms with Crippen molar-refractivity contribution >= 4 is 40.2 Å². The van der Waals surface area contributed by atoms with Gasteiger partial charge >= 0.3 is 0 Å². The molecule has 3 aromatic rings. The summed E-state index contributed by atoms with van der Waals surface area (Å²) >= 11 is 0. The first-order chi connectivity index (χ1) is 15.1. The van der Waals surface area contributed by atoms with E-state index in [0.717, 1.165) is 40.8 Å². The van der Waals surface area contributed by atoms with Crippen LogP contribution in [0.3, 0.4) is 0 Å². The molecule has 0 aliphatic heterocycles. The molecule has 2 N–H and O–H groups in total. The third kappa shape index (κ3) is 6.15. The fourth-order valence-corrected chi connectivity index (χ4v) is 3.37. The molecule has 2 amide bonds. The van der Waals surface area contributed by atoms with Gasteiger partial charge in [0, 0.05) is 42.7 Å². The molecule has 31 heavy (non-hydrogen) atoms. The smallest absolute Gasteiger partial charge is 0.240 e. The van der Waals surface area contributed by atoms with Crippen molar-refractivity contribution < 1.29 is 9.59 Å². The van der Waals surface area contributed by atoms with Crippen molar-refractivity contribution in [1.82, 2.24) is 5.43 Å². The maximum absolute atomic E-state index is 12.3. The van der Waals surface area contributed by atoms with Crippen LogP contribution in [0.4, 0.5) is 11.4 Å². The van der Waals surface area contributed by atoms with E-state index in [1.54, 1.807) is 6.21 Å². The highest BCUT2D eigenvalue weighted by Gasteiger charge is 2.08. The van der Waals surface area contributed by atoms with Gasteiger partial charge < -0.3 is 10.2 Å². The van der Waals surface area contributed by atoms with Gasteiger partial charge in [-0.3, -0.25) is 9.59 Å². The van der Waals surface area contributed by atoms with Crippen LogP contribution in [0.15, 0.2) is 71.8 Å². The first kappa shape index (κ1) is 22.0. The van der Waals surface area contributed by atoms with Crippen LogP contribution in [0.1, 0.15) is 32.3 Å². The zero-order valence-corrected chi connectivity index (χ0v) is 18.0. The van der Waals surface area contributed by atoms with Crippen molar-refractivity contribution in [1.29, 1.82) is 0 Å². The second kappa shape index (κ2) is 10.9. The molecule has 0 saturated heterocycles. The number of hydrazone groups is 1. The van der Waals surface area contributed by atoms with E-state index in [0.29, 0.717) is 0 Å². The lowest BCUT2D eigenvalue weighted by Gasteiger charge is -2.20. The van der Waals surface area contributed by atoms with E-state index in [9.17, 15) is 9.59 Å².